The molecule has 0 saturated carbocycles. The molecule has 0 fully saturated rings. The fraction of sp³-hybridized carbons (Fsp3) is 0.0556. The van der Waals surface area contributed by atoms with E-state index in [0.29, 0.717) is 15.9 Å². The summed E-state index contributed by atoms with van der Waals surface area (Å²) in [4.78, 5) is 18.1. The smallest absolute Gasteiger partial charge is 0.266 e. The van der Waals surface area contributed by atoms with E-state index in [9.17, 15) is 14.6 Å². The predicted octanol–water partition coefficient (Wildman–Crippen LogP) is 3.22. The molecule has 3 aromatic rings. The Morgan fingerprint density at radius 2 is 2.11 bits per heavy atom. The monoisotopic (exact) mass is 398 g/mol. The number of fused-ring (bicyclic) bond motifs is 1. The van der Waals surface area contributed by atoms with Gasteiger partial charge in [-0.2, -0.15) is 5.26 Å². The summed E-state index contributed by atoms with van der Waals surface area (Å²) in [5.41, 5.74) is 6.17. The van der Waals surface area contributed by atoms with Crippen molar-refractivity contribution in [1.82, 2.24) is 4.98 Å². The van der Waals surface area contributed by atoms with Gasteiger partial charge in [-0.15, -0.1) is 0 Å². The molecule has 1 unspecified atom stereocenters. The van der Waals surface area contributed by atoms with Crippen LogP contribution in [0.1, 0.15) is 16.1 Å². The summed E-state index contributed by atoms with van der Waals surface area (Å²) in [6.07, 6.45) is 0. The van der Waals surface area contributed by atoms with Gasteiger partial charge in [0.15, 0.2) is 5.69 Å². The number of aromatic nitrogens is 1. The highest BCUT2D eigenvalue weighted by atomic mass is 35.5. The molecule has 3 rings (SSSR count). The van der Waals surface area contributed by atoms with Crippen molar-refractivity contribution in [2.24, 2.45) is 5.73 Å². The normalized spacial score (nSPS) is 12.9. The number of hydrogen-bond donors (Lipinski definition) is 2. The van der Waals surface area contributed by atoms with Gasteiger partial charge in [0, 0.05) is 33.9 Å². The van der Waals surface area contributed by atoms with Crippen molar-refractivity contribution in [3.8, 4) is 6.07 Å². The van der Waals surface area contributed by atoms with Crippen LogP contribution in [0.4, 0.5) is 5.69 Å². The summed E-state index contributed by atoms with van der Waals surface area (Å²) in [5, 5.41) is 10.2. The van der Waals surface area contributed by atoms with Crippen LogP contribution in [0.2, 0.25) is 5.02 Å². The number of aromatic amines is 1. The molecule has 9 heteroatoms. The van der Waals surface area contributed by atoms with Crippen molar-refractivity contribution in [3.63, 3.8) is 0 Å². The van der Waals surface area contributed by atoms with E-state index in [2.05, 4.69) is 9.83 Å². The van der Waals surface area contributed by atoms with Gasteiger partial charge in [0.2, 0.25) is 0 Å². The van der Waals surface area contributed by atoms with Crippen LogP contribution in [0.5, 0.6) is 0 Å². The number of nitrogens with two attached hydrogens (primary N) is 1. The number of halogens is 1. The number of rotatable bonds is 4. The number of H-pyrrole nitrogens is 1. The average molecular weight is 399 g/mol. The summed E-state index contributed by atoms with van der Waals surface area (Å²) in [7, 11) is -2.65. The van der Waals surface area contributed by atoms with Crippen LogP contribution in [-0.4, -0.2) is 18.0 Å². The molecular weight excluding hydrogens is 387 g/mol. The molecule has 3 N–H and O–H groups in total. The van der Waals surface area contributed by atoms with Gasteiger partial charge in [-0.1, -0.05) is 11.6 Å². The topological polar surface area (TPSA) is 113 Å². The molecular formula is C18H12ClN4O3P. The average Bonchev–Trinajstić information content (AvgIpc) is 3.06. The van der Waals surface area contributed by atoms with Crippen LogP contribution in [0.3, 0.4) is 0 Å². The molecule has 0 bridgehead atoms. The van der Waals surface area contributed by atoms with Gasteiger partial charge >= 0.3 is 0 Å². The first-order valence-electron chi connectivity index (χ1n) is 7.54. The van der Waals surface area contributed by atoms with Crippen molar-refractivity contribution < 1.29 is 13.9 Å². The number of amides is 1. The van der Waals surface area contributed by atoms with E-state index in [1.165, 1.54) is 25.3 Å². The number of carbonyl (C=O) groups is 1. The van der Waals surface area contributed by atoms with Gasteiger partial charge in [-0.25, -0.2) is 4.85 Å². The van der Waals surface area contributed by atoms with E-state index in [0.717, 1.165) is 0 Å². The van der Waals surface area contributed by atoms with Gasteiger partial charge in [0.25, 0.3) is 13.3 Å². The molecule has 134 valence electrons. The predicted molar refractivity (Wildman–Crippen MR) is 103 cm³/mol. The van der Waals surface area contributed by atoms with Crippen molar-refractivity contribution in [2.45, 2.75) is 0 Å². The van der Waals surface area contributed by atoms with Crippen LogP contribution >= 0.6 is 19.0 Å². The quantitative estimate of drug-likeness (QED) is 0.518. The summed E-state index contributed by atoms with van der Waals surface area (Å²) in [6.45, 7) is 7.21. The molecule has 1 atom stereocenters. The number of benzene rings is 2. The van der Waals surface area contributed by atoms with E-state index in [1.807, 2.05) is 6.07 Å². The second-order valence-electron chi connectivity index (χ2n) is 5.60. The van der Waals surface area contributed by atoms with Crippen molar-refractivity contribution in [2.75, 3.05) is 7.11 Å². The Balaban J connectivity index is 2.43. The standard InChI is InChI=1S/C18H12ClN4O3P/c1-22-12-5-10(9-20)6-13(8-12)27(25,26-2)17-14-7-11(19)3-4-15(14)23-16(17)18(21)24/h3-8,23H,2H3,(H2,21,24). The van der Waals surface area contributed by atoms with Crippen LogP contribution in [0.15, 0.2) is 36.4 Å². The highest BCUT2D eigenvalue weighted by Gasteiger charge is 2.35. The Kier molecular flexibility index (Phi) is 4.78. The lowest BCUT2D eigenvalue weighted by molar-refractivity contribution is 0.0997. The number of primary amides is 1. The second-order valence-corrected chi connectivity index (χ2v) is 8.47. The summed E-state index contributed by atoms with van der Waals surface area (Å²) in [5.74, 6) is -0.823. The second kappa shape index (κ2) is 6.90. The molecule has 0 saturated heterocycles. The largest absolute Gasteiger partial charge is 0.364 e. The SMILES string of the molecule is [C-]#[N+]c1cc(C#N)cc(P(=O)(OC)c2c(C(N)=O)[nH]c3ccc(Cl)cc23)c1. The summed E-state index contributed by atoms with van der Waals surface area (Å²) < 4.78 is 19.3. The molecule has 27 heavy (non-hydrogen) atoms. The van der Waals surface area contributed by atoms with E-state index >= 15 is 0 Å². The number of nitriles is 1. The van der Waals surface area contributed by atoms with E-state index < -0.39 is 13.3 Å². The molecule has 2 aromatic carbocycles. The highest BCUT2D eigenvalue weighted by molar-refractivity contribution is 7.75. The summed E-state index contributed by atoms with van der Waals surface area (Å²) in [6, 6.07) is 10.8. The lowest BCUT2D eigenvalue weighted by Crippen LogP contribution is -2.26. The minimum Gasteiger partial charge on any atom is -0.364 e. The van der Waals surface area contributed by atoms with Crippen LogP contribution in [0.25, 0.3) is 15.7 Å². The van der Waals surface area contributed by atoms with Crippen LogP contribution in [-0.2, 0) is 9.09 Å². The Hall–Kier alpha value is -3.09. The zero-order valence-electron chi connectivity index (χ0n) is 14.0. The molecule has 1 heterocycles. The fourth-order valence-electron chi connectivity index (χ4n) is 2.85. The molecule has 1 aromatic heterocycles. The highest BCUT2D eigenvalue weighted by Crippen LogP contribution is 2.48. The number of nitrogens with zero attached hydrogens (tertiary/aromatic N) is 2. The Labute approximate surface area is 159 Å². The van der Waals surface area contributed by atoms with Crippen molar-refractivity contribution >= 4 is 52.1 Å². The third kappa shape index (κ3) is 3.09. The maximum atomic E-state index is 13.9. The number of nitrogens with one attached hydrogen (secondary N) is 1. The van der Waals surface area contributed by atoms with Gasteiger partial charge in [-0.05, 0) is 36.4 Å². The third-order valence-corrected chi connectivity index (χ3v) is 6.77. The van der Waals surface area contributed by atoms with Crippen LogP contribution < -0.4 is 16.3 Å². The van der Waals surface area contributed by atoms with Gasteiger partial charge in [0.1, 0.15) is 5.69 Å². The van der Waals surface area contributed by atoms with Gasteiger partial charge in [-0.3, -0.25) is 9.36 Å². The molecule has 0 spiro atoms. The lowest BCUT2D eigenvalue weighted by Gasteiger charge is -2.18. The lowest BCUT2D eigenvalue weighted by atomic mass is 10.2. The van der Waals surface area contributed by atoms with E-state index in [-0.39, 0.29) is 27.6 Å². The molecule has 0 aliphatic rings. The minimum atomic E-state index is -3.88. The zero-order chi connectivity index (χ0) is 19.8. The molecule has 0 aliphatic carbocycles. The maximum Gasteiger partial charge on any atom is 0.266 e. The van der Waals surface area contributed by atoms with Crippen molar-refractivity contribution in [1.29, 1.82) is 5.26 Å². The van der Waals surface area contributed by atoms with Gasteiger partial charge in [0.05, 0.1) is 17.9 Å². The van der Waals surface area contributed by atoms with E-state index in [1.54, 1.807) is 18.2 Å². The number of hydrogen-bond acceptors (Lipinski definition) is 4. The minimum absolute atomic E-state index is 0.0565. The van der Waals surface area contributed by atoms with Gasteiger partial charge < -0.3 is 15.2 Å². The zero-order valence-corrected chi connectivity index (χ0v) is 15.6. The molecule has 7 nitrogen and oxygen atoms in total. The first-order valence-corrected chi connectivity index (χ1v) is 9.55. The van der Waals surface area contributed by atoms with E-state index in [4.69, 9.17) is 28.4 Å². The molecule has 1 amide bonds. The summed E-state index contributed by atoms with van der Waals surface area (Å²) >= 11 is 6.07. The van der Waals surface area contributed by atoms with Crippen LogP contribution in [0, 0.1) is 17.9 Å². The number of carbonyl (C=O) groups excluding carboxylic acids is 1. The Morgan fingerprint density at radius 3 is 2.70 bits per heavy atom. The molecule has 0 aliphatic heterocycles. The first kappa shape index (κ1) is 18.7. The Morgan fingerprint density at radius 1 is 1.37 bits per heavy atom. The fourth-order valence-corrected chi connectivity index (χ4v) is 5.25. The molecule has 0 radical (unpaired) electrons. The third-order valence-electron chi connectivity index (χ3n) is 4.03. The van der Waals surface area contributed by atoms with Crippen molar-refractivity contribution in [3.05, 3.63) is 64.1 Å². The maximum absolute atomic E-state index is 13.9. The first-order chi connectivity index (χ1) is 12.8. The Bertz CT molecular complexity index is 1190.